The molecule has 0 amide bonds. The van der Waals surface area contributed by atoms with Crippen molar-refractivity contribution in [1.29, 1.82) is 0 Å². The number of azo groups is 2. The predicted octanol–water partition coefficient (Wildman–Crippen LogP) is 7.57. The number of para-hydroxylation sites is 2. The molecule has 8 rings (SSSR count). The lowest BCUT2D eigenvalue weighted by molar-refractivity contribution is -0.698. The van der Waals surface area contributed by atoms with E-state index in [1.165, 1.54) is 44.9 Å². The normalized spacial score (nSPS) is 10.9. The molecule has 0 radical (unpaired) electrons. The Balaban J connectivity index is 0.000000365. The molecule has 0 atom stereocenters. The van der Waals surface area contributed by atoms with E-state index in [-0.39, 0.29) is 50.9 Å². The van der Waals surface area contributed by atoms with Crippen molar-refractivity contribution in [2.45, 2.75) is 125 Å². The minimum Gasteiger partial charge on any atom is -1.00 e. The molecule has 0 bridgehead atoms. The van der Waals surface area contributed by atoms with E-state index in [1.807, 2.05) is 147 Å². The molecule has 4 heterocycles. The zero-order valence-electron chi connectivity index (χ0n) is 51.1. The van der Waals surface area contributed by atoms with Crippen LogP contribution in [0.4, 0.5) is 45.5 Å². The molecule has 2 N–H and O–H groups in total. The Morgan fingerprint density at radius 2 is 0.814 bits per heavy atom. The summed E-state index contributed by atoms with van der Waals surface area (Å²) in [6.07, 6.45) is 29.8. The van der Waals surface area contributed by atoms with E-state index in [2.05, 4.69) is 190 Å². The van der Waals surface area contributed by atoms with E-state index in [0.29, 0.717) is 12.1 Å². The minimum atomic E-state index is 0. The van der Waals surface area contributed by atoms with Gasteiger partial charge < -0.3 is 61.6 Å². The summed E-state index contributed by atoms with van der Waals surface area (Å²) in [5.74, 6) is 0. The van der Waals surface area contributed by atoms with Gasteiger partial charge in [0.15, 0.2) is 37.2 Å². The number of anilines is 4. The first-order valence-electron chi connectivity index (χ1n) is 29.1. The van der Waals surface area contributed by atoms with E-state index in [4.69, 9.17) is 0 Å². The molecule has 86 heavy (non-hydrogen) atoms. The molecular weight excluding hydrogens is 1330 g/mol. The van der Waals surface area contributed by atoms with E-state index in [9.17, 15) is 0 Å². The molecule has 4 aromatic heterocycles. The van der Waals surface area contributed by atoms with Gasteiger partial charge in [-0.25, -0.2) is 13.7 Å². The summed E-state index contributed by atoms with van der Waals surface area (Å²) in [7, 11) is 3.92. The maximum Gasteiger partial charge on any atom is 0.171 e. The van der Waals surface area contributed by atoms with Crippen LogP contribution in [0.5, 0.6) is 0 Å². The zero-order valence-corrected chi connectivity index (χ0v) is 57.5. The lowest BCUT2D eigenvalue weighted by Gasteiger charge is -2.11. The van der Waals surface area contributed by atoms with Crippen LogP contribution in [0.3, 0.4) is 0 Å². The highest BCUT2D eigenvalue weighted by atomic mass is 79.9. The summed E-state index contributed by atoms with van der Waals surface area (Å²) < 4.78 is 6.71. The van der Waals surface area contributed by atoms with Crippen LogP contribution in [-0.4, -0.2) is 48.9 Å². The SMILES string of the molecule is CN(/N=C/c1cc[n+](CCCCCCBr)cc1)c1ccccc1.Cc1cc(NC(C)C)ccc1N=Nc1cc[n+](CCCCCC[n+]2ccc(/C=N\N(C)c3ccccc3)cc2)cc1.Cc1cc(NC(C)C)ccc1N=Nc1ccncc1.[Br-].[Br-].[Br-]. The number of unbranched alkanes of at least 4 members (excludes halogenated alkanes) is 6. The second kappa shape index (κ2) is 42.1. The van der Waals surface area contributed by atoms with Crippen molar-refractivity contribution in [3.63, 3.8) is 0 Å². The quantitative estimate of drug-likeness (QED) is 0.0137. The molecule has 18 heteroatoms. The van der Waals surface area contributed by atoms with Crippen molar-refractivity contribution in [2.24, 2.45) is 30.7 Å². The molecule has 0 unspecified atom stereocenters. The van der Waals surface area contributed by atoms with Gasteiger partial charge in [-0.2, -0.15) is 30.7 Å². The number of hydrogen-bond donors (Lipinski definition) is 2. The van der Waals surface area contributed by atoms with E-state index in [1.54, 1.807) is 12.4 Å². The smallest absolute Gasteiger partial charge is 0.171 e. The lowest BCUT2D eigenvalue weighted by atomic mass is 10.2. The van der Waals surface area contributed by atoms with Crippen molar-refractivity contribution in [3.8, 4) is 0 Å². The van der Waals surface area contributed by atoms with Crippen LogP contribution in [0.15, 0.2) is 226 Å². The second-order valence-electron chi connectivity index (χ2n) is 21.0. The number of aromatic nitrogens is 4. The number of aryl methyl sites for hydroxylation is 5. The van der Waals surface area contributed by atoms with Gasteiger partial charge in [0.1, 0.15) is 19.6 Å². The van der Waals surface area contributed by atoms with Gasteiger partial charge in [-0.1, -0.05) is 58.7 Å². The van der Waals surface area contributed by atoms with Gasteiger partial charge in [-0.15, -0.1) is 0 Å². The molecule has 456 valence electrons. The number of hydrazone groups is 2. The van der Waals surface area contributed by atoms with Crippen LogP contribution in [0, 0.1) is 13.8 Å². The maximum atomic E-state index is 4.54. The first-order valence-corrected chi connectivity index (χ1v) is 30.2. The highest BCUT2D eigenvalue weighted by Crippen LogP contribution is 2.27. The van der Waals surface area contributed by atoms with E-state index >= 15 is 0 Å². The van der Waals surface area contributed by atoms with Crippen molar-refractivity contribution >= 4 is 73.9 Å². The monoisotopic (exact) mass is 1410 g/mol. The minimum absolute atomic E-state index is 0. The first-order chi connectivity index (χ1) is 40.4. The first kappa shape index (κ1) is 73.4. The van der Waals surface area contributed by atoms with Gasteiger partial charge in [0.25, 0.3) is 0 Å². The van der Waals surface area contributed by atoms with Crippen molar-refractivity contribution in [1.82, 2.24) is 4.98 Å². The standard InChI is InChI=1S/C34H42N7.C19H25BrN3.C15H18N4.3BrH/c1-28(2)36-32-14-15-34(29(3)26-32)38-37-31-18-24-41(25-19-31)21-11-6-5-10-20-40-22-16-30(17-23-40)27-35-39(4)33-12-8-7-9-13-33;1-22(19-9-5-4-6-10-19)21-17-18-11-15-23(16-12-18)14-8-3-2-7-13-20;1-11(2)17-14-4-5-15(12(3)10-14)19-18-13-6-8-16-9-7-13;;;/h7-9,12-19,22-28H,5-6,10-11,20-21H2,1-4H3;4-6,9-12,15-17H,2-3,7-8,13-14H2,1H3;4-11,17H,1-3H3;3*1H/q2*+1;;;;/p-2. The van der Waals surface area contributed by atoms with Crippen LogP contribution in [-0.2, 0) is 19.6 Å². The van der Waals surface area contributed by atoms with Crippen LogP contribution in [0.25, 0.3) is 0 Å². The summed E-state index contributed by atoms with van der Waals surface area (Å²) in [6, 6.07) is 49.5. The summed E-state index contributed by atoms with van der Waals surface area (Å²) in [6.45, 7) is 15.7. The summed E-state index contributed by atoms with van der Waals surface area (Å²) >= 11 is 3.47. The molecule has 14 nitrogen and oxygen atoms in total. The Bertz CT molecular complexity index is 3200. The maximum absolute atomic E-state index is 4.54. The summed E-state index contributed by atoms with van der Waals surface area (Å²) in [4.78, 5) is 3.95. The van der Waals surface area contributed by atoms with Gasteiger partial charge in [0, 0.05) is 122 Å². The Morgan fingerprint density at radius 3 is 1.17 bits per heavy atom. The second-order valence-corrected chi connectivity index (χ2v) is 21.8. The number of pyridine rings is 4. The Labute approximate surface area is 552 Å². The third-order valence-corrected chi connectivity index (χ3v) is 13.7. The van der Waals surface area contributed by atoms with Crippen molar-refractivity contribution < 1.29 is 64.6 Å². The topological polar surface area (TPSA) is 129 Å². The molecular formula is C68H86Br4N14. The summed E-state index contributed by atoms with van der Waals surface area (Å²) in [5, 5.41) is 38.0. The Morgan fingerprint density at radius 1 is 0.453 bits per heavy atom. The number of alkyl halides is 1. The average molecular weight is 1420 g/mol. The number of nitrogens with one attached hydrogen (secondary N) is 2. The molecule has 0 aliphatic carbocycles. The number of benzene rings is 4. The van der Waals surface area contributed by atoms with Gasteiger partial charge >= 0.3 is 0 Å². The van der Waals surface area contributed by atoms with Crippen LogP contribution in [0.2, 0.25) is 0 Å². The fourth-order valence-electron chi connectivity index (χ4n) is 8.50. The molecule has 0 saturated heterocycles. The highest BCUT2D eigenvalue weighted by Gasteiger charge is 2.07. The third kappa shape index (κ3) is 28.6. The number of nitrogens with zero attached hydrogens (tertiary/aromatic N) is 12. The average Bonchev–Trinajstić information content (AvgIpc) is 3.71. The molecule has 0 fully saturated rings. The van der Waals surface area contributed by atoms with E-state index < -0.39 is 0 Å². The number of rotatable bonds is 27. The van der Waals surface area contributed by atoms with Crippen LogP contribution in [0.1, 0.15) is 101 Å². The highest BCUT2D eigenvalue weighted by molar-refractivity contribution is 9.09. The molecule has 0 spiro atoms. The fourth-order valence-corrected chi connectivity index (χ4v) is 8.90. The van der Waals surface area contributed by atoms with Crippen molar-refractivity contribution in [3.05, 3.63) is 217 Å². The molecule has 8 aromatic rings. The predicted molar refractivity (Wildman–Crippen MR) is 348 cm³/mol. The van der Waals surface area contributed by atoms with Gasteiger partial charge in [0.05, 0.1) is 46.6 Å². The van der Waals surface area contributed by atoms with Crippen molar-refractivity contribution in [2.75, 3.05) is 40.1 Å². The Hall–Kier alpha value is -6.86. The van der Waals surface area contributed by atoms with E-state index in [0.717, 1.165) is 99.1 Å². The molecule has 0 saturated carbocycles. The largest absolute Gasteiger partial charge is 1.00 e. The third-order valence-electron chi connectivity index (χ3n) is 13.1. The van der Waals surface area contributed by atoms with Crippen LogP contribution >= 0.6 is 15.9 Å². The van der Waals surface area contributed by atoms with Gasteiger partial charge in [-0.3, -0.25) is 15.0 Å². The van der Waals surface area contributed by atoms with Gasteiger partial charge in [0.2, 0.25) is 0 Å². The summed E-state index contributed by atoms with van der Waals surface area (Å²) in [5.41, 5.74) is 12.2. The number of hydrogen-bond acceptors (Lipinski definition) is 11. The fraction of sp³-hybridized carbons (Fsp3) is 0.324. The van der Waals surface area contributed by atoms with Crippen LogP contribution < -0.4 is 85.3 Å². The molecule has 0 aliphatic rings. The lowest BCUT2D eigenvalue weighted by Crippen LogP contribution is -3.00. The Kier molecular flexibility index (Phi) is 35.9. The zero-order chi connectivity index (χ0) is 58.9. The molecule has 4 aromatic carbocycles. The molecule has 0 aliphatic heterocycles. The number of halogens is 4. The van der Waals surface area contributed by atoms with Gasteiger partial charge in [-0.05, 0) is 151 Å².